The van der Waals surface area contributed by atoms with Crippen molar-refractivity contribution in [1.29, 1.82) is 0 Å². The second-order valence-corrected chi connectivity index (χ2v) is 8.07. The molecular weight excluding hydrogens is 403 g/mol. The molecule has 5 nitrogen and oxygen atoms in total. The number of halogens is 1. The van der Waals surface area contributed by atoms with Crippen LogP contribution in [0.4, 0.5) is 10.2 Å². The number of amides is 1. The number of aromatic nitrogens is 2. The molecule has 0 saturated carbocycles. The van der Waals surface area contributed by atoms with Crippen molar-refractivity contribution in [2.24, 2.45) is 0 Å². The molecule has 0 bridgehead atoms. The molecule has 160 valence electrons. The fourth-order valence-electron chi connectivity index (χ4n) is 4.14. The molecule has 0 atom stereocenters. The molecule has 2 heterocycles. The Labute approximate surface area is 186 Å². The van der Waals surface area contributed by atoms with Gasteiger partial charge in [0.15, 0.2) is 5.82 Å². The van der Waals surface area contributed by atoms with Crippen LogP contribution in [0.15, 0.2) is 72.8 Å². The molecule has 1 aliphatic heterocycles. The Bertz CT molecular complexity index is 1260. The van der Waals surface area contributed by atoms with Crippen molar-refractivity contribution in [3.05, 3.63) is 89.7 Å². The molecule has 1 fully saturated rings. The summed E-state index contributed by atoms with van der Waals surface area (Å²) in [6, 6.07) is 22.2. The van der Waals surface area contributed by atoms with Crippen LogP contribution in [0, 0.1) is 12.7 Å². The third-order valence-corrected chi connectivity index (χ3v) is 5.95. The van der Waals surface area contributed by atoms with Gasteiger partial charge in [-0.3, -0.25) is 4.79 Å². The molecule has 0 aliphatic carbocycles. The van der Waals surface area contributed by atoms with Crippen LogP contribution >= 0.6 is 0 Å². The normalized spacial score (nSPS) is 14.1. The molecule has 5 rings (SSSR count). The zero-order valence-electron chi connectivity index (χ0n) is 17.8. The molecule has 1 saturated heterocycles. The first-order chi connectivity index (χ1) is 15.6. The summed E-state index contributed by atoms with van der Waals surface area (Å²) in [7, 11) is 0. The van der Waals surface area contributed by atoms with E-state index in [9.17, 15) is 9.18 Å². The molecular formula is C26H23FN4O. The van der Waals surface area contributed by atoms with Gasteiger partial charge in [0.05, 0.1) is 0 Å². The molecule has 0 radical (unpaired) electrons. The third kappa shape index (κ3) is 3.80. The molecule has 0 spiro atoms. The van der Waals surface area contributed by atoms with Crippen LogP contribution in [0.25, 0.3) is 22.0 Å². The lowest BCUT2D eigenvalue weighted by Crippen LogP contribution is -2.49. The van der Waals surface area contributed by atoms with Crippen molar-refractivity contribution in [2.75, 3.05) is 31.1 Å². The third-order valence-electron chi connectivity index (χ3n) is 5.95. The van der Waals surface area contributed by atoms with E-state index >= 15 is 0 Å². The Morgan fingerprint density at radius 3 is 2.16 bits per heavy atom. The number of benzene rings is 3. The van der Waals surface area contributed by atoms with E-state index in [1.165, 1.54) is 29.8 Å². The highest BCUT2D eigenvalue weighted by molar-refractivity contribution is 6.00. The number of anilines is 1. The predicted octanol–water partition coefficient (Wildman–Crippen LogP) is 4.71. The van der Waals surface area contributed by atoms with Gasteiger partial charge in [0.25, 0.3) is 5.91 Å². The van der Waals surface area contributed by atoms with Crippen molar-refractivity contribution >= 4 is 22.5 Å². The van der Waals surface area contributed by atoms with E-state index < -0.39 is 0 Å². The Morgan fingerprint density at radius 2 is 1.47 bits per heavy atom. The second-order valence-electron chi connectivity index (χ2n) is 8.07. The number of nitrogens with zero attached hydrogens (tertiary/aromatic N) is 4. The van der Waals surface area contributed by atoms with Gasteiger partial charge in [-0.1, -0.05) is 54.1 Å². The number of aryl methyl sites for hydroxylation is 1. The van der Waals surface area contributed by atoms with Gasteiger partial charge in [-0.05, 0) is 31.2 Å². The summed E-state index contributed by atoms with van der Waals surface area (Å²) < 4.78 is 13.2. The smallest absolute Gasteiger partial charge is 0.253 e. The summed E-state index contributed by atoms with van der Waals surface area (Å²) in [4.78, 5) is 16.7. The minimum absolute atomic E-state index is 0.0738. The van der Waals surface area contributed by atoms with Gasteiger partial charge in [0.1, 0.15) is 11.5 Å². The van der Waals surface area contributed by atoms with E-state index in [0.29, 0.717) is 31.7 Å². The zero-order valence-corrected chi connectivity index (χ0v) is 17.8. The van der Waals surface area contributed by atoms with Gasteiger partial charge in [0, 0.05) is 48.1 Å². The highest BCUT2D eigenvalue weighted by Gasteiger charge is 2.24. The lowest BCUT2D eigenvalue weighted by Gasteiger charge is -2.35. The maximum Gasteiger partial charge on any atom is 0.253 e. The van der Waals surface area contributed by atoms with Crippen molar-refractivity contribution in [2.45, 2.75) is 6.92 Å². The van der Waals surface area contributed by atoms with Crippen molar-refractivity contribution < 1.29 is 9.18 Å². The van der Waals surface area contributed by atoms with Crippen LogP contribution in [0.1, 0.15) is 15.9 Å². The largest absolute Gasteiger partial charge is 0.351 e. The average Bonchev–Trinajstić information content (AvgIpc) is 2.84. The minimum atomic E-state index is -0.342. The lowest BCUT2D eigenvalue weighted by molar-refractivity contribution is 0.0746. The first-order valence-corrected chi connectivity index (χ1v) is 10.7. The topological polar surface area (TPSA) is 49.3 Å². The first kappa shape index (κ1) is 20.1. The van der Waals surface area contributed by atoms with E-state index in [-0.39, 0.29) is 11.7 Å². The van der Waals surface area contributed by atoms with Crippen LogP contribution < -0.4 is 4.90 Å². The maximum atomic E-state index is 13.2. The Morgan fingerprint density at radius 1 is 0.812 bits per heavy atom. The Balaban J connectivity index is 1.39. The summed E-state index contributed by atoms with van der Waals surface area (Å²) in [5, 5.41) is 11.3. The lowest BCUT2D eigenvalue weighted by atomic mass is 10.0. The zero-order chi connectivity index (χ0) is 22.1. The van der Waals surface area contributed by atoms with Crippen molar-refractivity contribution in [3.8, 4) is 11.3 Å². The standard InChI is InChI=1S/C26H23FN4O/c1-18-6-8-19(9-7-18)24-22-4-2-3-5-23(22)25(29-28-24)30-14-16-31(17-15-30)26(32)20-10-12-21(27)13-11-20/h2-13H,14-17H2,1H3. The predicted molar refractivity (Wildman–Crippen MR) is 124 cm³/mol. The van der Waals surface area contributed by atoms with E-state index in [4.69, 9.17) is 0 Å². The number of carbonyl (C=O) groups is 1. The van der Waals surface area contributed by atoms with E-state index in [1.807, 2.05) is 12.1 Å². The van der Waals surface area contributed by atoms with Gasteiger partial charge in [-0.25, -0.2) is 4.39 Å². The monoisotopic (exact) mass is 426 g/mol. The van der Waals surface area contributed by atoms with Crippen LogP contribution in [0.3, 0.4) is 0 Å². The van der Waals surface area contributed by atoms with E-state index in [0.717, 1.165) is 27.8 Å². The minimum Gasteiger partial charge on any atom is -0.351 e. The van der Waals surface area contributed by atoms with E-state index in [1.54, 1.807) is 4.90 Å². The summed E-state index contributed by atoms with van der Waals surface area (Å²) >= 11 is 0. The van der Waals surface area contributed by atoms with E-state index in [2.05, 4.69) is 58.4 Å². The van der Waals surface area contributed by atoms with Gasteiger partial charge in [-0.15, -0.1) is 10.2 Å². The fraction of sp³-hybridized carbons (Fsp3) is 0.192. The maximum absolute atomic E-state index is 13.2. The number of carbonyl (C=O) groups excluding carboxylic acids is 1. The second kappa shape index (κ2) is 8.38. The molecule has 1 aromatic heterocycles. The van der Waals surface area contributed by atoms with Crippen LogP contribution in [-0.4, -0.2) is 47.2 Å². The van der Waals surface area contributed by atoms with Gasteiger partial charge in [0.2, 0.25) is 0 Å². The van der Waals surface area contributed by atoms with Crippen LogP contribution in [-0.2, 0) is 0 Å². The molecule has 0 N–H and O–H groups in total. The molecule has 1 aliphatic rings. The highest BCUT2D eigenvalue weighted by Crippen LogP contribution is 2.32. The number of piperazine rings is 1. The fourth-order valence-corrected chi connectivity index (χ4v) is 4.14. The summed E-state index contributed by atoms with van der Waals surface area (Å²) in [5.74, 6) is 0.423. The van der Waals surface area contributed by atoms with Crippen LogP contribution in [0.2, 0.25) is 0 Å². The number of hydrogen-bond donors (Lipinski definition) is 0. The molecule has 32 heavy (non-hydrogen) atoms. The van der Waals surface area contributed by atoms with Gasteiger partial charge < -0.3 is 9.80 Å². The quantitative estimate of drug-likeness (QED) is 0.476. The van der Waals surface area contributed by atoms with Gasteiger partial charge in [-0.2, -0.15) is 0 Å². The van der Waals surface area contributed by atoms with Gasteiger partial charge >= 0.3 is 0 Å². The van der Waals surface area contributed by atoms with Crippen molar-refractivity contribution in [3.63, 3.8) is 0 Å². The summed E-state index contributed by atoms with van der Waals surface area (Å²) in [5.41, 5.74) is 3.62. The molecule has 1 amide bonds. The molecule has 0 unspecified atom stereocenters. The van der Waals surface area contributed by atoms with Crippen molar-refractivity contribution in [1.82, 2.24) is 15.1 Å². The Kier molecular flexibility index (Phi) is 5.27. The first-order valence-electron chi connectivity index (χ1n) is 10.7. The number of hydrogen-bond acceptors (Lipinski definition) is 4. The SMILES string of the molecule is Cc1ccc(-c2nnc(N3CCN(C(=O)c4ccc(F)cc4)CC3)c3ccccc23)cc1. The highest BCUT2D eigenvalue weighted by atomic mass is 19.1. The van der Waals surface area contributed by atoms with Crippen LogP contribution in [0.5, 0.6) is 0 Å². The summed E-state index contributed by atoms with van der Waals surface area (Å²) in [6.07, 6.45) is 0. The Hall–Kier alpha value is -3.80. The number of rotatable bonds is 3. The molecule has 4 aromatic rings. The average molecular weight is 426 g/mol. The molecule has 6 heteroatoms. The summed E-state index contributed by atoms with van der Waals surface area (Å²) in [6.45, 7) is 4.54. The number of fused-ring (bicyclic) bond motifs is 1. The molecule has 3 aromatic carbocycles.